The minimum atomic E-state index is -4.61. The highest BCUT2D eigenvalue weighted by Crippen LogP contribution is 2.36. The number of rotatable bonds is 5. The standard InChI is InChI=1S/C23H15F3N4O3/c1-32-18-8-6-16(15-7-9-19(23(24,25)26)30-20(15)18)22-29-17(12-33-22)21(31)28-11-14-4-2-13(10-27)3-5-14/h2-9,12H,11H2,1H3,(H,28,31). The van der Waals surface area contributed by atoms with Gasteiger partial charge in [0.05, 0.1) is 18.7 Å². The predicted octanol–water partition coefficient (Wildman–Crippen LogP) is 4.72. The number of oxazole rings is 1. The SMILES string of the molecule is COc1ccc(-c2nc(C(=O)NCc3ccc(C#N)cc3)co2)c2ccc(C(F)(F)F)nc12. The first-order chi connectivity index (χ1) is 15.8. The summed E-state index contributed by atoms with van der Waals surface area (Å²) in [6, 6.07) is 13.9. The number of amides is 1. The average Bonchev–Trinajstić information content (AvgIpc) is 3.31. The van der Waals surface area contributed by atoms with Gasteiger partial charge in [0, 0.05) is 17.5 Å². The van der Waals surface area contributed by atoms with Crippen molar-refractivity contribution in [2.75, 3.05) is 7.11 Å². The number of pyridine rings is 1. The summed E-state index contributed by atoms with van der Waals surface area (Å²) in [5.41, 5.74) is 0.602. The molecular formula is C23H15F3N4O3. The molecule has 1 N–H and O–H groups in total. The Bertz CT molecular complexity index is 1370. The molecule has 1 amide bonds. The van der Waals surface area contributed by atoms with Gasteiger partial charge in [-0.3, -0.25) is 4.79 Å². The number of carbonyl (C=O) groups excluding carboxylic acids is 1. The highest BCUT2D eigenvalue weighted by molar-refractivity contribution is 5.97. The molecule has 0 saturated heterocycles. The molecule has 166 valence electrons. The van der Waals surface area contributed by atoms with E-state index in [4.69, 9.17) is 14.4 Å². The van der Waals surface area contributed by atoms with Gasteiger partial charge in [0.25, 0.3) is 5.91 Å². The summed E-state index contributed by atoms with van der Waals surface area (Å²) >= 11 is 0. The van der Waals surface area contributed by atoms with Crippen LogP contribution in [0.15, 0.2) is 59.2 Å². The number of alkyl halides is 3. The summed E-state index contributed by atoms with van der Waals surface area (Å²) in [7, 11) is 1.33. The predicted molar refractivity (Wildman–Crippen MR) is 111 cm³/mol. The number of halogens is 3. The second-order valence-corrected chi connectivity index (χ2v) is 6.94. The van der Waals surface area contributed by atoms with Crippen molar-refractivity contribution in [3.8, 4) is 23.3 Å². The molecule has 7 nitrogen and oxygen atoms in total. The average molecular weight is 452 g/mol. The Morgan fingerprint density at radius 3 is 2.55 bits per heavy atom. The molecule has 2 aromatic carbocycles. The van der Waals surface area contributed by atoms with Gasteiger partial charge in [-0.1, -0.05) is 12.1 Å². The van der Waals surface area contributed by atoms with E-state index in [0.29, 0.717) is 16.5 Å². The van der Waals surface area contributed by atoms with Crippen LogP contribution in [0.1, 0.15) is 27.3 Å². The van der Waals surface area contributed by atoms with Gasteiger partial charge in [0.15, 0.2) is 5.69 Å². The Balaban J connectivity index is 1.60. The molecule has 0 aliphatic carbocycles. The van der Waals surface area contributed by atoms with Gasteiger partial charge in [0.1, 0.15) is 23.2 Å². The van der Waals surface area contributed by atoms with Gasteiger partial charge in [-0.25, -0.2) is 9.97 Å². The van der Waals surface area contributed by atoms with Crippen LogP contribution in [0.4, 0.5) is 13.2 Å². The normalized spacial score (nSPS) is 11.2. The van der Waals surface area contributed by atoms with Crippen LogP contribution in [-0.2, 0) is 12.7 Å². The molecule has 33 heavy (non-hydrogen) atoms. The first-order valence-electron chi connectivity index (χ1n) is 9.58. The molecule has 0 unspecified atom stereocenters. The quantitative estimate of drug-likeness (QED) is 0.470. The third-order valence-corrected chi connectivity index (χ3v) is 4.83. The number of nitrogens with one attached hydrogen (secondary N) is 1. The van der Waals surface area contributed by atoms with Crippen LogP contribution in [-0.4, -0.2) is 23.0 Å². The zero-order valence-corrected chi connectivity index (χ0v) is 17.1. The Morgan fingerprint density at radius 2 is 1.88 bits per heavy atom. The van der Waals surface area contributed by atoms with E-state index in [9.17, 15) is 18.0 Å². The Morgan fingerprint density at radius 1 is 1.12 bits per heavy atom. The van der Waals surface area contributed by atoms with E-state index in [2.05, 4.69) is 15.3 Å². The lowest BCUT2D eigenvalue weighted by molar-refractivity contribution is -0.140. The maximum atomic E-state index is 13.1. The summed E-state index contributed by atoms with van der Waals surface area (Å²) in [5, 5.41) is 11.9. The van der Waals surface area contributed by atoms with Crippen molar-refractivity contribution in [1.82, 2.24) is 15.3 Å². The largest absolute Gasteiger partial charge is 0.494 e. The number of methoxy groups -OCH3 is 1. The van der Waals surface area contributed by atoms with E-state index in [1.165, 1.54) is 19.2 Å². The van der Waals surface area contributed by atoms with E-state index >= 15 is 0 Å². The number of nitriles is 1. The molecule has 0 radical (unpaired) electrons. The van der Waals surface area contributed by atoms with E-state index in [0.717, 1.165) is 17.9 Å². The summed E-state index contributed by atoms with van der Waals surface area (Å²) < 4.78 is 49.9. The molecule has 0 fully saturated rings. The number of aromatic nitrogens is 2. The molecule has 0 atom stereocenters. The molecule has 4 rings (SSSR count). The number of ether oxygens (including phenoxy) is 1. The zero-order chi connectivity index (χ0) is 23.6. The highest BCUT2D eigenvalue weighted by Gasteiger charge is 2.33. The molecule has 0 aliphatic heterocycles. The first-order valence-corrected chi connectivity index (χ1v) is 9.58. The van der Waals surface area contributed by atoms with Crippen molar-refractivity contribution < 1.29 is 27.1 Å². The van der Waals surface area contributed by atoms with Crippen molar-refractivity contribution in [3.05, 3.63) is 77.3 Å². The van der Waals surface area contributed by atoms with Crippen LogP contribution >= 0.6 is 0 Å². The van der Waals surface area contributed by atoms with Crippen LogP contribution < -0.4 is 10.1 Å². The summed E-state index contributed by atoms with van der Waals surface area (Å²) in [6.45, 7) is 0.211. The van der Waals surface area contributed by atoms with E-state index in [1.54, 1.807) is 30.3 Å². The van der Waals surface area contributed by atoms with Crippen molar-refractivity contribution in [2.24, 2.45) is 0 Å². The van der Waals surface area contributed by atoms with Crippen LogP contribution in [0.3, 0.4) is 0 Å². The van der Waals surface area contributed by atoms with Crippen molar-refractivity contribution in [2.45, 2.75) is 12.7 Å². The molecule has 10 heteroatoms. The first kappa shape index (κ1) is 21.8. The molecule has 0 spiro atoms. The minimum absolute atomic E-state index is 0.00230. The van der Waals surface area contributed by atoms with Crippen LogP contribution in [0.5, 0.6) is 5.75 Å². The van der Waals surface area contributed by atoms with Crippen molar-refractivity contribution in [1.29, 1.82) is 5.26 Å². The van der Waals surface area contributed by atoms with Crippen LogP contribution in [0.25, 0.3) is 22.4 Å². The molecular weight excluding hydrogens is 437 g/mol. The summed E-state index contributed by atoms with van der Waals surface area (Å²) in [6.07, 6.45) is -3.45. The van der Waals surface area contributed by atoms with Gasteiger partial charge < -0.3 is 14.5 Å². The third kappa shape index (κ3) is 4.48. The molecule has 0 saturated carbocycles. The minimum Gasteiger partial charge on any atom is -0.494 e. The fourth-order valence-corrected chi connectivity index (χ4v) is 3.17. The maximum Gasteiger partial charge on any atom is 0.433 e. The molecule has 0 aliphatic rings. The lowest BCUT2D eigenvalue weighted by Gasteiger charge is -2.11. The van der Waals surface area contributed by atoms with Crippen molar-refractivity contribution >= 4 is 16.8 Å². The molecule has 0 bridgehead atoms. The van der Waals surface area contributed by atoms with Gasteiger partial charge >= 0.3 is 6.18 Å². The Labute approximate surface area is 185 Å². The lowest BCUT2D eigenvalue weighted by Crippen LogP contribution is -2.23. The second kappa shape index (κ2) is 8.63. The summed E-state index contributed by atoms with van der Waals surface area (Å²) in [4.78, 5) is 20.3. The van der Waals surface area contributed by atoms with Gasteiger partial charge in [0.2, 0.25) is 5.89 Å². The fourth-order valence-electron chi connectivity index (χ4n) is 3.17. The fraction of sp³-hybridized carbons (Fsp3) is 0.130. The van der Waals surface area contributed by atoms with E-state index in [-0.39, 0.29) is 29.4 Å². The van der Waals surface area contributed by atoms with E-state index < -0.39 is 17.8 Å². The highest BCUT2D eigenvalue weighted by atomic mass is 19.4. The molecule has 2 aromatic heterocycles. The zero-order valence-electron chi connectivity index (χ0n) is 17.1. The molecule has 2 heterocycles. The number of hydrogen-bond donors (Lipinski definition) is 1. The number of benzene rings is 2. The maximum absolute atomic E-state index is 13.1. The van der Waals surface area contributed by atoms with Gasteiger partial charge in [-0.2, -0.15) is 18.4 Å². The topological polar surface area (TPSA) is 101 Å². The smallest absolute Gasteiger partial charge is 0.433 e. The van der Waals surface area contributed by atoms with Crippen molar-refractivity contribution in [3.63, 3.8) is 0 Å². The number of hydrogen-bond acceptors (Lipinski definition) is 6. The lowest BCUT2D eigenvalue weighted by atomic mass is 10.1. The third-order valence-electron chi connectivity index (χ3n) is 4.83. The summed E-state index contributed by atoms with van der Waals surface area (Å²) in [5.74, 6) is -0.288. The number of nitrogens with zero attached hydrogens (tertiary/aromatic N) is 3. The Kier molecular flexibility index (Phi) is 5.70. The Hall–Kier alpha value is -4.39. The molecule has 4 aromatic rings. The van der Waals surface area contributed by atoms with E-state index in [1.807, 2.05) is 6.07 Å². The monoisotopic (exact) mass is 452 g/mol. The second-order valence-electron chi connectivity index (χ2n) is 6.94. The van der Waals surface area contributed by atoms with Gasteiger partial charge in [-0.05, 0) is 42.0 Å². The number of carbonyl (C=O) groups is 1. The number of fused-ring (bicyclic) bond motifs is 1. The van der Waals surface area contributed by atoms with Gasteiger partial charge in [-0.15, -0.1) is 0 Å². The van der Waals surface area contributed by atoms with Crippen LogP contribution in [0, 0.1) is 11.3 Å². The van der Waals surface area contributed by atoms with Crippen LogP contribution in [0.2, 0.25) is 0 Å².